The summed E-state index contributed by atoms with van der Waals surface area (Å²) in [6.07, 6.45) is 0.973. The fraction of sp³-hybridized carbons (Fsp3) is 0.500. The zero-order valence-electron chi connectivity index (χ0n) is 14.9. The largest absolute Gasteiger partial charge is 0.497 e. The Morgan fingerprint density at radius 2 is 1.96 bits per heavy atom. The number of ether oxygens (including phenoxy) is 1. The van der Waals surface area contributed by atoms with Crippen molar-refractivity contribution in [2.24, 2.45) is 5.92 Å². The lowest BCUT2D eigenvalue weighted by molar-refractivity contribution is -0.135. The molecule has 0 spiro atoms. The average molecular weight is 360 g/mol. The maximum Gasteiger partial charge on any atom is 0.321 e. The molecule has 26 heavy (non-hydrogen) atoms. The second-order valence-corrected chi connectivity index (χ2v) is 6.53. The van der Waals surface area contributed by atoms with Gasteiger partial charge in [-0.3, -0.25) is 9.59 Å². The van der Waals surface area contributed by atoms with Crippen LogP contribution < -0.4 is 15.4 Å². The van der Waals surface area contributed by atoms with Crippen LogP contribution >= 0.6 is 0 Å². The number of rotatable bonds is 3. The van der Waals surface area contributed by atoms with Crippen molar-refractivity contribution in [2.75, 3.05) is 45.2 Å². The molecule has 140 valence electrons. The van der Waals surface area contributed by atoms with Gasteiger partial charge in [-0.25, -0.2) is 4.79 Å². The first-order valence-corrected chi connectivity index (χ1v) is 8.82. The summed E-state index contributed by atoms with van der Waals surface area (Å²) in [7, 11) is 1.58. The fourth-order valence-corrected chi connectivity index (χ4v) is 3.28. The minimum atomic E-state index is -0.278. The topological polar surface area (TPSA) is 91.0 Å². The Bertz CT molecular complexity index is 694. The predicted molar refractivity (Wildman–Crippen MR) is 95.9 cm³/mol. The molecule has 2 N–H and O–H groups in total. The van der Waals surface area contributed by atoms with Gasteiger partial charge >= 0.3 is 6.03 Å². The third-order valence-corrected chi connectivity index (χ3v) is 4.74. The Labute approximate surface area is 152 Å². The molecule has 8 heteroatoms. The zero-order chi connectivity index (χ0) is 18.5. The lowest BCUT2D eigenvalue weighted by Crippen LogP contribution is -2.41. The van der Waals surface area contributed by atoms with Crippen molar-refractivity contribution in [3.8, 4) is 5.75 Å². The number of nitrogens with zero attached hydrogens (tertiary/aromatic N) is 2. The third-order valence-electron chi connectivity index (χ3n) is 4.74. The van der Waals surface area contributed by atoms with E-state index < -0.39 is 0 Å². The summed E-state index contributed by atoms with van der Waals surface area (Å²) in [5, 5.41) is 5.57. The number of urea groups is 1. The molecule has 0 aromatic heterocycles. The Morgan fingerprint density at radius 3 is 2.69 bits per heavy atom. The van der Waals surface area contributed by atoms with Crippen molar-refractivity contribution >= 4 is 23.5 Å². The highest BCUT2D eigenvalue weighted by Gasteiger charge is 2.32. The molecule has 2 aliphatic rings. The van der Waals surface area contributed by atoms with Gasteiger partial charge in [-0.2, -0.15) is 0 Å². The van der Waals surface area contributed by atoms with Gasteiger partial charge in [-0.15, -0.1) is 0 Å². The van der Waals surface area contributed by atoms with Crippen LogP contribution in [-0.2, 0) is 9.59 Å². The number of hydrogen-bond acceptors (Lipinski definition) is 4. The molecule has 8 nitrogen and oxygen atoms in total. The van der Waals surface area contributed by atoms with Gasteiger partial charge in [-0.1, -0.05) is 6.07 Å². The second-order valence-electron chi connectivity index (χ2n) is 6.53. The molecule has 2 saturated heterocycles. The molecule has 2 fully saturated rings. The maximum absolute atomic E-state index is 12.5. The van der Waals surface area contributed by atoms with E-state index >= 15 is 0 Å². The fourth-order valence-electron chi connectivity index (χ4n) is 3.28. The molecule has 1 unspecified atom stereocenters. The second kappa shape index (κ2) is 8.07. The minimum Gasteiger partial charge on any atom is -0.497 e. The maximum atomic E-state index is 12.5. The average Bonchev–Trinajstić information content (AvgIpc) is 2.93. The van der Waals surface area contributed by atoms with Gasteiger partial charge < -0.3 is 25.2 Å². The van der Waals surface area contributed by atoms with E-state index in [9.17, 15) is 14.4 Å². The Hall–Kier alpha value is -2.77. The number of methoxy groups -OCH3 is 1. The first kappa shape index (κ1) is 18.0. The van der Waals surface area contributed by atoms with Crippen LogP contribution in [0.5, 0.6) is 5.75 Å². The first-order chi connectivity index (χ1) is 12.6. The first-order valence-electron chi connectivity index (χ1n) is 8.82. The van der Waals surface area contributed by atoms with Gasteiger partial charge in [0.1, 0.15) is 5.75 Å². The summed E-state index contributed by atoms with van der Waals surface area (Å²) in [6.45, 7) is 2.55. The van der Waals surface area contributed by atoms with Gasteiger partial charge in [0.15, 0.2) is 0 Å². The summed E-state index contributed by atoms with van der Waals surface area (Å²) in [6, 6.07) is 7.00. The van der Waals surface area contributed by atoms with Crippen LogP contribution in [0, 0.1) is 5.92 Å². The van der Waals surface area contributed by atoms with E-state index in [0.29, 0.717) is 50.6 Å². The standard InChI is InChI=1S/C18H24N4O4/c1-26-15-5-2-4-14(11-15)20-18(25)22-7-3-6-21(8-9-22)17(24)13-10-16(23)19-12-13/h2,4-5,11,13H,3,6-10,12H2,1H3,(H,19,23)(H,20,25). The molecule has 1 atom stereocenters. The van der Waals surface area contributed by atoms with Crippen LogP contribution in [-0.4, -0.2) is 67.5 Å². The van der Waals surface area contributed by atoms with Gasteiger partial charge in [0.05, 0.1) is 13.0 Å². The smallest absolute Gasteiger partial charge is 0.321 e. The molecule has 0 bridgehead atoms. The number of anilines is 1. The molecule has 0 aliphatic carbocycles. The molecule has 1 aromatic carbocycles. The molecule has 2 aliphatic heterocycles. The zero-order valence-corrected chi connectivity index (χ0v) is 14.9. The Morgan fingerprint density at radius 1 is 1.19 bits per heavy atom. The molecule has 3 rings (SSSR count). The van der Waals surface area contributed by atoms with Crippen LogP contribution in [0.1, 0.15) is 12.8 Å². The molecule has 1 aromatic rings. The summed E-state index contributed by atoms with van der Waals surface area (Å²) >= 11 is 0. The highest BCUT2D eigenvalue weighted by atomic mass is 16.5. The lowest BCUT2D eigenvalue weighted by atomic mass is 10.1. The predicted octanol–water partition coefficient (Wildman–Crippen LogP) is 0.897. The Kier molecular flexibility index (Phi) is 5.60. The van der Waals surface area contributed by atoms with E-state index in [0.717, 1.165) is 0 Å². The van der Waals surface area contributed by atoms with Crippen LogP contribution in [0.25, 0.3) is 0 Å². The van der Waals surface area contributed by atoms with E-state index in [1.807, 2.05) is 12.1 Å². The van der Waals surface area contributed by atoms with Crippen molar-refractivity contribution in [3.05, 3.63) is 24.3 Å². The lowest BCUT2D eigenvalue weighted by Gasteiger charge is -2.24. The van der Waals surface area contributed by atoms with Crippen molar-refractivity contribution in [3.63, 3.8) is 0 Å². The number of carbonyl (C=O) groups is 3. The van der Waals surface area contributed by atoms with Crippen LogP contribution in [0.15, 0.2) is 24.3 Å². The normalized spacial score (nSPS) is 20.3. The van der Waals surface area contributed by atoms with Crippen LogP contribution in [0.3, 0.4) is 0 Å². The summed E-state index contributed by atoms with van der Waals surface area (Å²) in [4.78, 5) is 39.8. The highest BCUT2D eigenvalue weighted by Crippen LogP contribution is 2.18. The summed E-state index contributed by atoms with van der Waals surface area (Å²) in [5.74, 6) is 0.325. The van der Waals surface area contributed by atoms with E-state index in [1.165, 1.54) is 0 Å². The molecule has 0 saturated carbocycles. The number of hydrogen-bond donors (Lipinski definition) is 2. The summed E-state index contributed by atoms with van der Waals surface area (Å²) in [5.41, 5.74) is 0.669. The van der Waals surface area contributed by atoms with Gasteiger partial charge in [-0.05, 0) is 18.6 Å². The van der Waals surface area contributed by atoms with Gasteiger partial charge in [0.2, 0.25) is 11.8 Å². The van der Waals surface area contributed by atoms with E-state index in [4.69, 9.17) is 4.74 Å². The van der Waals surface area contributed by atoms with Gasteiger partial charge in [0.25, 0.3) is 0 Å². The van der Waals surface area contributed by atoms with Crippen molar-refractivity contribution in [1.29, 1.82) is 0 Å². The van der Waals surface area contributed by atoms with Gasteiger partial charge in [0, 0.05) is 50.9 Å². The van der Waals surface area contributed by atoms with E-state index in [2.05, 4.69) is 10.6 Å². The van der Waals surface area contributed by atoms with Crippen molar-refractivity contribution in [2.45, 2.75) is 12.8 Å². The van der Waals surface area contributed by atoms with Crippen LogP contribution in [0.4, 0.5) is 10.5 Å². The minimum absolute atomic E-state index is 0.00148. The van der Waals surface area contributed by atoms with E-state index in [-0.39, 0.29) is 30.2 Å². The van der Waals surface area contributed by atoms with E-state index in [1.54, 1.807) is 29.0 Å². The number of benzene rings is 1. The SMILES string of the molecule is COc1cccc(NC(=O)N2CCCN(C(=O)C3CNC(=O)C3)CC2)c1. The number of carbonyl (C=O) groups excluding carboxylic acids is 3. The third kappa shape index (κ3) is 4.25. The van der Waals surface area contributed by atoms with Crippen LogP contribution in [0.2, 0.25) is 0 Å². The van der Waals surface area contributed by atoms with Crippen molar-refractivity contribution in [1.82, 2.24) is 15.1 Å². The molecule has 4 amide bonds. The Balaban J connectivity index is 1.55. The molecular formula is C18H24N4O4. The number of amides is 4. The molecule has 0 radical (unpaired) electrons. The quantitative estimate of drug-likeness (QED) is 0.838. The summed E-state index contributed by atoms with van der Waals surface area (Å²) < 4.78 is 5.16. The molecular weight excluding hydrogens is 336 g/mol. The highest BCUT2D eigenvalue weighted by molar-refractivity contribution is 5.90. The molecule has 2 heterocycles. The monoisotopic (exact) mass is 360 g/mol. The van der Waals surface area contributed by atoms with Crippen molar-refractivity contribution < 1.29 is 19.1 Å². The number of nitrogens with one attached hydrogen (secondary N) is 2.